The van der Waals surface area contributed by atoms with Crippen LogP contribution >= 0.6 is 11.8 Å². The number of nitrogens with two attached hydrogens (primary N) is 5. The molecule has 3 fully saturated rings. The zero-order valence-corrected chi connectivity index (χ0v) is 75.8. The zero-order chi connectivity index (χ0) is 97.8. The molecular formula is C87H122N22O23S. The van der Waals surface area contributed by atoms with Gasteiger partial charge in [0.2, 0.25) is 100 Å². The van der Waals surface area contributed by atoms with E-state index in [9.17, 15) is 82.8 Å². The van der Waals surface area contributed by atoms with Gasteiger partial charge < -0.3 is 136 Å². The van der Waals surface area contributed by atoms with Crippen LogP contribution in [-0.4, -0.2) is 329 Å². The smallest absolute Gasteiger partial charge is 0.323 e. The summed E-state index contributed by atoms with van der Waals surface area (Å²) in [5.41, 5.74) is 31.7. The van der Waals surface area contributed by atoms with Crippen molar-refractivity contribution in [3.8, 4) is 5.75 Å². The quantitative estimate of drug-likeness (QED) is 0.0246. The molecule has 0 bridgehead atoms. The highest BCUT2D eigenvalue weighted by atomic mass is 32.2. The van der Waals surface area contributed by atoms with Gasteiger partial charge in [0.05, 0.1) is 24.8 Å². The van der Waals surface area contributed by atoms with Crippen LogP contribution in [0.25, 0.3) is 21.8 Å². The number of carbonyl (C=O) groups excluding carboxylic acids is 17. The summed E-state index contributed by atoms with van der Waals surface area (Å²) in [7, 11) is 3.78. The number of para-hydroxylation sites is 2. The van der Waals surface area contributed by atoms with Crippen LogP contribution in [0.1, 0.15) is 121 Å². The number of thioether (sulfide) groups is 1. The lowest BCUT2D eigenvalue weighted by molar-refractivity contribution is -0.149. The maximum absolute atomic E-state index is 15.9. The van der Waals surface area contributed by atoms with Crippen molar-refractivity contribution >= 4 is 146 Å². The van der Waals surface area contributed by atoms with Crippen molar-refractivity contribution < 1.29 is 112 Å². The Morgan fingerprint density at radius 2 is 1.08 bits per heavy atom. The predicted octanol–water partition coefficient (Wildman–Crippen LogP) is -5.51. The molecule has 46 heteroatoms. The first-order valence-corrected chi connectivity index (χ1v) is 45.1. The van der Waals surface area contributed by atoms with Crippen LogP contribution < -0.4 is 81.8 Å². The van der Waals surface area contributed by atoms with Crippen molar-refractivity contribution in [2.24, 2.45) is 28.7 Å². The Morgan fingerprint density at radius 3 is 1.71 bits per heavy atom. The number of fused-ring (bicyclic) bond motifs is 4. The van der Waals surface area contributed by atoms with Crippen LogP contribution in [0.15, 0.2) is 85.2 Å². The first-order valence-electron chi connectivity index (χ1n) is 43.9. The molecule has 3 saturated heterocycles. The Kier molecular flexibility index (Phi) is 39.3. The monoisotopic (exact) mass is 1870 g/mol. The molecule has 45 nitrogen and oxygen atoms in total. The van der Waals surface area contributed by atoms with Crippen LogP contribution in [0.2, 0.25) is 0 Å². The average molecular weight is 1880 g/mol. The van der Waals surface area contributed by atoms with Crippen LogP contribution in [0.3, 0.4) is 0 Å². The number of aromatic hydroxyl groups is 1. The van der Waals surface area contributed by atoms with Gasteiger partial charge in [-0.25, -0.2) is 0 Å². The summed E-state index contributed by atoms with van der Waals surface area (Å²) in [5, 5.41) is 68.1. The first-order chi connectivity index (χ1) is 63.2. The number of hydrogen-bond acceptors (Lipinski definition) is 25. The van der Waals surface area contributed by atoms with Crippen LogP contribution in [0, 0.1) is 0 Å². The van der Waals surface area contributed by atoms with E-state index >= 15 is 28.8 Å². The fourth-order valence-electron chi connectivity index (χ4n) is 16.2. The molecule has 17 amide bonds. The minimum Gasteiger partial charge on any atom is -0.508 e. The van der Waals surface area contributed by atoms with Gasteiger partial charge in [0.25, 0.3) is 0 Å². The van der Waals surface area contributed by atoms with E-state index in [1.165, 1.54) is 63.1 Å². The number of aliphatic carboxylic acids is 2. The zero-order valence-electron chi connectivity index (χ0n) is 74.9. The van der Waals surface area contributed by atoms with Gasteiger partial charge in [-0.1, -0.05) is 88.1 Å². The molecule has 15 atom stereocenters. The Balaban J connectivity index is 1.20. The number of likely N-dealkylation sites (N-methyl/N-ethyl adjacent to an activating group) is 3. The maximum Gasteiger partial charge on any atom is 0.323 e. The second kappa shape index (κ2) is 49.8. The largest absolute Gasteiger partial charge is 0.508 e. The van der Waals surface area contributed by atoms with Crippen molar-refractivity contribution in [1.29, 1.82) is 0 Å². The Morgan fingerprint density at radius 1 is 0.526 bits per heavy atom. The molecule has 5 aromatic rings. The number of aromatic amines is 1. The van der Waals surface area contributed by atoms with Gasteiger partial charge in [0, 0.05) is 119 Å². The number of carbonyl (C=O) groups is 19. The Hall–Kier alpha value is -13.3. The molecule has 25 N–H and O–H groups in total. The minimum absolute atomic E-state index is 0.0524. The van der Waals surface area contributed by atoms with Gasteiger partial charge in [0.1, 0.15) is 96.9 Å². The summed E-state index contributed by atoms with van der Waals surface area (Å²) in [6, 6.07) is -3.97. The lowest BCUT2D eigenvalue weighted by Crippen LogP contribution is -2.62. The number of phenols is 1. The van der Waals surface area contributed by atoms with Crippen molar-refractivity contribution in [3.05, 3.63) is 102 Å². The number of aliphatic hydroxyl groups excluding tert-OH is 1. The van der Waals surface area contributed by atoms with Crippen LogP contribution in [0.5, 0.6) is 5.75 Å². The number of nitrogens with zero attached hydrogens (tertiary/aromatic N) is 6. The number of H-pyrrole nitrogens is 1. The standard InChI is InChI=1S/C87H122N22O23S/c1-7-9-19-65-80(125)101-62(38-90)79(124)103-63(75(120)94-40-70(92)113)44-133-45-71(114)95-58(32-47-23-25-50(110)26-24-47)83(128)104(4)46(3)74(119)99-60(36-69(91)112)86(131)108-31-15-22-66(108)81(126)102-61(37-89)78(123)97-56(27-28-72(115)116)85(130)109-42-51(111)35-68(109)82(127)98-57(33-48-39-93-54-18-13-11-16-52(48)54)77(122)96-55(29-30-88)76(121)100-59(84(129)106(6)67(20-10-8-2)87(132)105(65)5)34-49-41-107(43-73(117)118)64-21-14-12-17-53(49)64/h11-14,16-18,21,23-26,39,41,46,51,55-63,65-68,93,110-111H,7-10,15,19-20,22,27-38,40,42-45,88-90H2,1-6H3,(H2,91,112)(H2,92,113)(H,94,120)(H,95,114)(H,96,122)(H,97,123)(H,98,127)(H,99,119)(H,100,121)(H,101,125)(H,102,126)(H,103,124)(H,115,116)(H,117,118)/t46-,51+,55-,56-,57-,58-,59-,60+,61-,62-,63-,65-,66-,67-,68-/m0/s1. The fourth-order valence-corrected chi connectivity index (χ4v) is 17.0. The van der Waals surface area contributed by atoms with Crippen molar-refractivity contribution in [3.63, 3.8) is 0 Å². The van der Waals surface area contributed by atoms with Gasteiger partial charge in [0.15, 0.2) is 0 Å². The Labute approximate surface area is 770 Å². The number of hydrogen-bond donors (Lipinski definition) is 20. The fraction of sp³-hybridized carbons (Fsp3) is 0.529. The number of amides is 17. The maximum atomic E-state index is 15.9. The number of unbranched alkanes of at least 4 members (excludes halogenated alkanes) is 2. The molecule has 3 aliphatic heterocycles. The highest BCUT2D eigenvalue weighted by Gasteiger charge is 2.47. The van der Waals surface area contributed by atoms with Crippen molar-refractivity contribution in [2.45, 2.75) is 221 Å². The normalized spacial score (nSPS) is 24.9. The lowest BCUT2D eigenvalue weighted by atomic mass is 10.00. The van der Waals surface area contributed by atoms with E-state index in [4.69, 9.17) is 28.7 Å². The highest BCUT2D eigenvalue weighted by Crippen LogP contribution is 2.29. The Bertz CT molecular complexity index is 5070. The third kappa shape index (κ3) is 28.8. The molecule has 2 aromatic heterocycles. The first kappa shape index (κ1) is 105. The molecule has 0 radical (unpaired) electrons. The summed E-state index contributed by atoms with van der Waals surface area (Å²) >= 11 is 0.732. The number of aromatic nitrogens is 2. The third-order valence-corrected chi connectivity index (χ3v) is 24.6. The highest BCUT2D eigenvalue weighted by molar-refractivity contribution is 8.00. The molecule has 8 rings (SSSR count). The third-order valence-electron chi connectivity index (χ3n) is 23.5. The number of rotatable bonds is 26. The van der Waals surface area contributed by atoms with E-state index in [0.717, 1.165) is 36.3 Å². The van der Waals surface area contributed by atoms with Gasteiger partial charge in [-0.15, -0.1) is 11.8 Å². The predicted molar refractivity (Wildman–Crippen MR) is 482 cm³/mol. The van der Waals surface area contributed by atoms with Crippen molar-refractivity contribution in [2.75, 3.05) is 71.9 Å². The van der Waals surface area contributed by atoms with E-state index in [-0.39, 0.29) is 70.2 Å². The van der Waals surface area contributed by atoms with Gasteiger partial charge >= 0.3 is 11.9 Å². The molecule has 0 aliphatic carbocycles. The number of carboxylic acids is 2. The van der Waals surface area contributed by atoms with Gasteiger partial charge in [-0.3, -0.25) is 91.1 Å². The van der Waals surface area contributed by atoms with E-state index in [1.54, 1.807) is 61.7 Å². The molecule has 3 aromatic carbocycles. The molecule has 3 aliphatic rings. The second-order valence-electron chi connectivity index (χ2n) is 33.2. The number of benzene rings is 3. The van der Waals surface area contributed by atoms with Gasteiger partial charge in [-0.2, -0.15) is 0 Å². The number of carboxylic acid groups (broad SMARTS) is 2. The SMILES string of the molecule is CCCC[C@H]1C(=O)N(C)[C@@H](CCCC)C(=O)N[C@@H](CN)C(=O)N[C@H](C(=O)NCC(N)=O)CSCC(=O)N[C@@H](Cc2ccc(O)cc2)C(=O)N(C)[C@@H](C)C(=O)N[C@H](CC(N)=O)C(=O)N2CCC[C@H]2C(=O)N[C@@H](CN)C(=O)N[C@@H](CCC(=O)O)C(=O)N2C[C@H](O)C[C@H]2C(=O)N[C@@H](Cc2c[nH]c3ccccc23)C(=O)N[C@@H](CCN)C(=O)N[C@@H](Cc2cn(CC(=O)O)c3ccccc23)C(=O)N1C. The average Bonchev–Trinajstić information content (AvgIpc) is 1.70. The molecule has 0 saturated carbocycles. The molecule has 0 unspecified atom stereocenters. The van der Waals surface area contributed by atoms with E-state index in [1.807, 2.05) is 6.92 Å². The molecular weight excluding hydrogens is 1750 g/mol. The number of phenolic OH excluding ortho intramolecular Hbond substituents is 1. The number of aliphatic hydroxyl groups is 1. The number of primary amides is 2. The molecule has 724 valence electrons. The summed E-state index contributed by atoms with van der Waals surface area (Å²) in [4.78, 5) is 280. The molecule has 5 heterocycles. The molecule has 0 spiro atoms. The summed E-state index contributed by atoms with van der Waals surface area (Å²) in [6.07, 6.45) is -1.26. The van der Waals surface area contributed by atoms with Crippen LogP contribution in [-0.2, 0) is 117 Å². The summed E-state index contributed by atoms with van der Waals surface area (Å²) in [5.74, 6) is -21.1. The minimum atomic E-state index is -1.86. The molecule has 133 heavy (non-hydrogen) atoms. The summed E-state index contributed by atoms with van der Waals surface area (Å²) < 4.78 is 1.41. The van der Waals surface area contributed by atoms with E-state index in [2.05, 4.69) is 58.2 Å². The van der Waals surface area contributed by atoms with Gasteiger partial charge in [-0.05, 0) is 92.9 Å². The van der Waals surface area contributed by atoms with E-state index < -0.39 is 279 Å². The topological polar surface area (TPSA) is 693 Å². The second-order valence-corrected chi connectivity index (χ2v) is 34.2. The van der Waals surface area contributed by atoms with Crippen molar-refractivity contribution in [1.82, 2.24) is 87.2 Å². The number of nitrogens with one attached hydrogen (secondary N) is 11. The van der Waals surface area contributed by atoms with E-state index in [0.29, 0.717) is 57.8 Å². The lowest BCUT2D eigenvalue weighted by Gasteiger charge is -2.36. The summed E-state index contributed by atoms with van der Waals surface area (Å²) in [6.45, 7) is 1.12. The van der Waals surface area contributed by atoms with Crippen LogP contribution in [0.4, 0.5) is 0 Å².